The van der Waals surface area contributed by atoms with Crippen LogP contribution in [0.4, 0.5) is 0 Å². The molecule has 1 aromatic carbocycles. The van der Waals surface area contributed by atoms with Gasteiger partial charge in [0.15, 0.2) is 17.4 Å². The molecular weight excluding hydrogens is 266 g/mol. The highest BCUT2D eigenvalue weighted by Gasteiger charge is 2.26. The summed E-state index contributed by atoms with van der Waals surface area (Å²) in [5, 5.41) is 10.7. The lowest BCUT2D eigenvalue weighted by atomic mass is 10.0. The number of aliphatic imine (C=N–C) groups is 2. The van der Waals surface area contributed by atoms with Crippen molar-refractivity contribution in [3.63, 3.8) is 0 Å². The molecule has 0 bridgehead atoms. The van der Waals surface area contributed by atoms with Gasteiger partial charge >= 0.3 is 0 Å². The number of nitrogens with one attached hydrogen (secondary N) is 2. The summed E-state index contributed by atoms with van der Waals surface area (Å²) in [7, 11) is 0. The van der Waals surface area contributed by atoms with Gasteiger partial charge in [0, 0.05) is 13.1 Å². The maximum Gasteiger partial charge on any atom is 0.209 e. The topological polar surface area (TPSA) is 74.8 Å². The molecule has 0 saturated heterocycles. The lowest BCUT2D eigenvalue weighted by Gasteiger charge is -2.05. The third-order valence-corrected chi connectivity index (χ3v) is 3.54. The average molecular weight is 281 g/mol. The first-order chi connectivity index (χ1) is 10.4. The van der Waals surface area contributed by atoms with Gasteiger partial charge in [-0.15, -0.1) is 0 Å². The number of nitrogens with zero attached hydrogens (tertiary/aromatic N) is 3. The Kier molecular flexibility index (Phi) is 2.92. The lowest BCUT2D eigenvalue weighted by Crippen LogP contribution is -2.22. The molecule has 0 amide bonds. The Hall–Kier alpha value is -2.63. The zero-order valence-electron chi connectivity index (χ0n) is 11.5. The van der Waals surface area contributed by atoms with Crippen molar-refractivity contribution in [2.75, 3.05) is 26.2 Å². The Balaban J connectivity index is 1.88. The van der Waals surface area contributed by atoms with Crippen molar-refractivity contribution in [1.82, 2.24) is 15.8 Å². The van der Waals surface area contributed by atoms with E-state index in [1.807, 2.05) is 30.3 Å². The molecule has 4 rings (SSSR count). The molecular formula is C15H15N5O. The van der Waals surface area contributed by atoms with Crippen LogP contribution >= 0.6 is 0 Å². The van der Waals surface area contributed by atoms with Gasteiger partial charge in [0.05, 0.1) is 18.7 Å². The van der Waals surface area contributed by atoms with E-state index in [-0.39, 0.29) is 0 Å². The molecule has 2 aliphatic heterocycles. The van der Waals surface area contributed by atoms with E-state index in [9.17, 15) is 0 Å². The summed E-state index contributed by atoms with van der Waals surface area (Å²) in [4.78, 5) is 8.90. The smallest absolute Gasteiger partial charge is 0.209 e. The largest absolute Gasteiger partial charge is 0.367 e. The lowest BCUT2D eigenvalue weighted by molar-refractivity contribution is 0.411. The predicted molar refractivity (Wildman–Crippen MR) is 80.8 cm³/mol. The van der Waals surface area contributed by atoms with Crippen molar-refractivity contribution in [1.29, 1.82) is 0 Å². The van der Waals surface area contributed by atoms with E-state index < -0.39 is 0 Å². The van der Waals surface area contributed by atoms with E-state index in [2.05, 4.69) is 25.8 Å². The zero-order valence-corrected chi connectivity index (χ0v) is 11.5. The standard InChI is InChI=1S/C15H15N5O/c1-2-4-10(5-3-1)11-12(14-16-6-7-17-14)20-21-13(11)15-18-8-9-19-15/h1-5H,6-9H2,(H,16,17)(H,18,19). The molecule has 6 heteroatoms. The summed E-state index contributed by atoms with van der Waals surface area (Å²) in [6.45, 7) is 3.20. The normalized spacial score (nSPS) is 17.1. The Morgan fingerprint density at radius 2 is 1.62 bits per heavy atom. The van der Waals surface area contributed by atoms with Crippen LogP contribution in [0.25, 0.3) is 11.1 Å². The van der Waals surface area contributed by atoms with Crippen LogP contribution in [0.3, 0.4) is 0 Å². The van der Waals surface area contributed by atoms with E-state index in [0.717, 1.165) is 54.7 Å². The highest BCUT2D eigenvalue weighted by atomic mass is 16.5. The molecule has 2 aromatic rings. The molecule has 0 aliphatic carbocycles. The van der Waals surface area contributed by atoms with Crippen LogP contribution in [-0.4, -0.2) is 43.0 Å². The molecule has 0 fully saturated rings. The van der Waals surface area contributed by atoms with Gasteiger partial charge in [-0.3, -0.25) is 9.98 Å². The number of benzene rings is 1. The molecule has 2 N–H and O–H groups in total. The Bertz CT molecular complexity index is 675. The summed E-state index contributed by atoms with van der Waals surface area (Å²) in [6, 6.07) is 10.1. The number of aromatic nitrogens is 1. The summed E-state index contributed by atoms with van der Waals surface area (Å²) >= 11 is 0. The highest BCUT2D eigenvalue weighted by molar-refractivity contribution is 6.10. The number of hydrogen-bond donors (Lipinski definition) is 2. The summed E-state index contributed by atoms with van der Waals surface area (Å²) in [5.74, 6) is 2.25. The molecule has 0 saturated carbocycles. The van der Waals surface area contributed by atoms with Gasteiger partial charge in [0.2, 0.25) is 5.76 Å². The first-order valence-corrected chi connectivity index (χ1v) is 7.06. The number of amidine groups is 2. The second-order valence-corrected chi connectivity index (χ2v) is 4.92. The quantitative estimate of drug-likeness (QED) is 0.881. The van der Waals surface area contributed by atoms with Crippen LogP contribution < -0.4 is 10.6 Å². The SMILES string of the molecule is c1ccc(-c2c(C3=NCCN3)noc2C2=NCCN2)cc1. The number of rotatable bonds is 3. The summed E-state index contributed by atoms with van der Waals surface area (Å²) < 4.78 is 5.58. The fourth-order valence-corrected chi connectivity index (χ4v) is 2.59. The third-order valence-electron chi connectivity index (χ3n) is 3.54. The first kappa shape index (κ1) is 12.1. The second kappa shape index (κ2) is 5.05. The van der Waals surface area contributed by atoms with Gasteiger partial charge in [-0.2, -0.15) is 0 Å². The van der Waals surface area contributed by atoms with Gasteiger partial charge in [-0.1, -0.05) is 35.5 Å². The van der Waals surface area contributed by atoms with E-state index in [1.165, 1.54) is 0 Å². The maximum absolute atomic E-state index is 5.58. The fraction of sp³-hybridized carbons (Fsp3) is 0.267. The molecule has 6 nitrogen and oxygen atoms in total. The van der Waals surface area contributed by atoms with E-state index in [0.29, 0.717) is 5.76 Å². The van der Waals surface area contributed by atoms with Gasteiger partial charge in [-0.05, 0) is 5.56 Å². The van der Waals surface area contributed by atoms with Crippen LogP contribution in [0.1, 0.15) is 11.5 Å². The maximum atomic E-state index is 5.58. The molecule has 21 heavy (non-hydrogen) atoms. The van der Waals surface area contributed by atoms with E-state index in [4.69, 9.17) is 4.52 Å². The van der Waals surface area contributed by atoms with Crippen LogP contribution in [0.15, 0.2) is 44.8 Å². The number of hydrogen-bond acceptors (Lipinski definition) is 6. The van der Waals surface area contributed by atoms with Crippen LogP contribution in [-0.2, 0) is 0 Å². The van der Waals surface area contributed by atoms with Crippen LogP contribution in [0, 0.1) is 0 Å². The molecule has 1 aromatic heterocycles. The Labute approximate surface area is 122 Å². The molecule has 0 atom stereocenters. The second-order valence-electron chi connectivity index (χ2n) is 4.92. The van der Waals surface area contributed by atoms with Gasteiger partial charge in [-0.25, -0.2) is 0 Å². The first-order valence-electron chi connectivity index (χ1n) is 7.06. The minimum Gasteiger partial charge on any atom is -0.367 e. The highest BCUT2D eigenvalue weighted by Crippen LogP contribution is 2.29. The van der Waals surface area contributed by atoms with Crippen LogP contribution in [0.5, 0.6) is 0 Å². The minimum absolute atomic E-state index is 0.685. The van der Waals surface area contributed by atoms with Gasteiger partial charge in [0.1, 0.15) is 0 Å². The van der Waals surface area contributed by atoms with Crippen LogP contribution in [0.2, 0.25) is 0 Å². The van der Waals surface area contributed by atoms with Gasteiger partial charge in [0.25, 0.3) is 0 Å². The molecule has 2 aliphatic rings. The molecule has 0 unspecified atom stereocenters. The van der Waals surface area contributed by atoms with Crippen molar-refractivity contribution in [3.8, 4) is 11.1 Å². The van der Waals surface area contributed by atoms with Crippen molar-refractivity contribution >= 4 is 11.7 Å². The summed E-state index contributed by atoms with van der Waals surface area (Å²) in [6.07, 6.45) is 0. The fourth-order valence-electron chi connectivity index (χ4n) is 2.59. The van der Waals surface area contributed by atoms with Crippen molar-refractivity contribution in [2.45, 2.75) is 0 Å². The average Bonchev–Trinajstić information content (AvgIpc) is 3.27. The summed E-state index contributed by atoms with van der Waals surface area (Å²) in [5.41, 5.74) is 2.75. The van der Waals surface area contributed by atoms with E-state index in [1.54, 1.807) is 0 Å². The molecule has 3 heterocycles. The van der Waals surface area contributed by atoms with E-state index >= 15 is 0 Å². The Morgan fingerprint density at radius 1 is 0.905 bits per heavy atom. The Morgan fingerprint density at radius 3 is 2.29 bits per heavy atom. The van der Waals surface area contributed by atoms with Crippen molar-refractivity contribution < 1.29 is 4.52 Å². The third kappa shape index (κ3) is 2.08. The van der Waals surface area contributed by atoms with Crippen molar-refractivity contribution in [3.05, 3.63) is 41.8 Å². The van der Waals surface area contributed by atoms with Gasteiger partial charge < -0.3 is 15.2 Å². The molecule has 0 spiro atoms. The monoisotopic (exact) mass is 281 g/mol. The van der Waals surface area contributed by atoms with Crippen molar-refractivity contribution in [2.24, 2.45) is 9.98 Å². The zero-order chi connectivity index (χ0) is 14.1. The molecule has 0 radical (unpaired) electrons. The predicted octanol–water partition coefficient (Wildman–Crippen LogP) is 1.04. The molecule has 106 valence electrons. The minimum atomic E-state index is 0.685.